The Morgan fingerprint density at radius 3 is 1.45 bits per heavy atom. The molecule has 0 atom stereocenters. The summed E-state index contributed by atoms with van der Waals surface area (Å²) in [5.41, 5.74) is 0.535. The third-order valence-corrected chi connectivity index (χ3v) is 2.92. The molecule has 0 amide bonds. The summed E-state index contributed by atoms with van der Waals surface area (Å²) in [6, 6.07) is 6.26. The normalized spacial score (nSPS) is 12.4. The minimum Gasteiger partial charge on any atom is -0.359 e. The highest BCUT2D eigenvalue weighted by Gasteiger charge is 2.17. The van der Waals surface area contributed by atoms with E-state index in [-0.39, 0.29) is 10.8 Å². The van der Waals surface area contributed by atoms with E-state index in [0.717, 1.165) is 24.7 Å². The summed E-state index contributed by atoms with van der Waals surface area (Å²) < 4.78 is 0. The van der Waals surface area contributed by atoms with E-state index >= 15 is 0 Å². The maximum absolute atomic E-state index is 4.79. The molecule has 0 N–H and O–H groups in total. The van der Waals surface area contributed by atoms with Crippen LogP contribution in [0.5, 0.6) is 0 Å². The van der Waals surface area contributed by atoms with Crippen LogP contribution < -0.4 is 9.80 Å². The first kappa shape index (κ1) is 16.8. The summed E-state index contributed by atoms with van der Waals surface area (Å²) in [4.78, 5) is 9.25. The molecule has 1 heterocycles. The molecule has 3 nitrogen and oxygen atoms in total. The molecule has 0 aliphatic heterocycles. The zero-order valence-electron chi connectivity index (χ0n) is 14.5. The van der Waals surface area contributed by atoms with Crippen molar-refractivity contribution in [1.29, 1.82) is 0 Å². The van der Waals surface area contributed by atoms with Gasteiger partial charge in [-0.15, -0.1) is 0 Å². The second-order valence-corrected chi connectivity index (χ2v) is 8.19. The molecular weight excluding hydrogens is 246 g/mol. The molecule has 3 heteroatoms. The van der Waals surface area contributed by atoms with Crippen LogP contribution in [0.4, 0.5) is 11.6 Å². The largest absolute Gasteiger partial charge is 0.359 e. The SMILES string of the molecule is CN(CC(C)(C)C)c1cccc(N(C)CC(C)(C)C)n1. The Bertz CT molecular complexity index is 389. The first-order valence-electron chi connectivity index (χ1n) is 7.37. The number of hydrogen-bond acceptors (Lipinski definition) is 3. The molecule has 0 saturated carbocycles. The standard InChI is InChI=1S/C17H31N3/c1-16(2,3)12-19(7)14-10-9-11-15(18-14)20(8)13-17(4,5)6/h9-11H,12-13H2,1-8H3. The van der Waals surface area contributed by atoms with Crippen LogP contribution in [0, 0.1) is 10.8 Å². The molecule has 1 rings (SSSR count). The van der Waals surface area contributed by atoms with Crippen molar-refractivity contribution < 1.29 is 0 Å². The highest BCUT2D eigenvalue weighted by Crippen LogP contribution is 2.23. The molecule has 0 fully saturated rings. The topological polar surface area (TPSA) is 19.4 Å². The highest BCUT2D eigenvalue weighted by atomic mass is 15.2. The summed E-state index contributed by atoms with van der Waals surface area (Å²) in [6.45, 7) is 15.5. The van der Waals surface area contributed by atoms with Gasteiger partial charge in [0, 0.05) is 27.2 Å². The zero-order valence-corrected chi connectivity index (χ0v) is 14.5. The van der Waals surface area contributed by atoms with Crippen LogP contribution in [0.1, 0.15) is 41.5 Å². The molecule has 1 aromatic heterocycles. The van der Waals surface area contributed by atoms with E-state index < -0.39 is 0 Å². The second-order valence-electron chi connectivity index (χ2n) is 8.19. The van der Waals surface area contributed by atoms with Crippen molar-refractivity contribution in [3.05, 3.63) is 18.2 Å². The minimum atomic E-state index is 0.268. The molecule has 0 unspecified atom stereocenters. The molecular formula is C17H31N3. The predicted octanol–water partition coefficient (Wildman–Crippen LogP) is 4.05. The number of aromatic nitrogens is 1. The van der Waals surface area contributed by atoms with Crippen molar-refractivity contribution in [3.8, 4) is 0 Å². The monoisotopic (exact) mass is 277 g/mol. The molecule has 0 aliphatic rings. The number of rotatable bonds is 4. The third kappa shape index (κ3) is 5.81. The Balaban J connectivity index is 2.85. The van der Waals surface area contributed by atoms with E-state index in [0.29, 0.717) is 0 Å². The van der Waals surface area contributed by atoms with Crippen LogP contribution in [0.15, 0.2) is 18.2 Å². The fourth-order valence-corrected chi connectivity index (χ4v) is 2.42. The minimum absolute atomic E-state index is 0.268. The summed E-state index contributed by atoms with van der Waals surface area (Å²) in [5, 5.41) is 0. The van der Waals surface area contributed by atoms with Gasteiger partial charge in [0.1, 0.15) is 11.6 Å². The molecule has 114 valence electrons. The van der Waals surface area contributed by atoms with Gasteiger partial charge in [-0.25, -0.2) is 4.98 Å². The highest BCUT2D eigenvalue weighted by molar-refractivity contribution is 5.48. The number of pyridine rings is 1. The lowest BCUT2D eigenvalue weighted by molar-refractivity contribution is 0.415. The van der Waals surface area contributed by atoms with E-state index in [1.807, 2.05) is 0 Å². The van der Waals surface area contributed by atoms with E-state index in [1.165, 1.54) is 0 Å². The van der Waals surface area contributed by atoms with Gasteiger partial charge in [-0.05, 0) is 23.0 Å². The first-order valence-corrected chi connectivity index (χ1v) is 7.37. The fraction of sp³-hybridized carbons (Fsp3) is 0.706. The molecule has 0 radical (unpaired) electrons. The second kappa shape index (κ2) is 6.02. The quantitative estimate of drug-likeness (QED) is 0.828. The Morgan fingerprint density at radius 1 is 0.800 bits per heavy atom. The smallest absolute Gasteiger partial charge is 0.130 e. The summed E-state index contributed by atoms with van der Waals surface area (Å²) in [7, 11) is 4.22. The molecule has 0 aliphatic carbocycles. The lowest BCUT2D eigenvalue weighted by Crippen LogP contribution is -2.32. The van der Waals surface area contributed by atoms with Gasteiger partial charge in [-0.3, -0.25) is 0 Å². The average Bonchev–Trinajstić information content (AvgIpc) is 2.24. The lowest BCUT2D eigenvalue weighted by Gasteiger charge is -2.30. The van der Waals surface area contributed by atoms with Crippen molar-refractivity contribution in [2.24, 2.45) is 10.8 Å². The number of hydrogen-bond donors (Lipinski definition) is 0. The van der Waals surface area contributed by atoms with Crippen molar-refractivity contribution in [1.82, 2.24) is 4.98 Å². The van der Waals surface area contributed by atoms with Gasteiger partial charge in [0.2, 0.25) is 0 Å². The molecule has 0 bridgehead atoms. The molecule has 1 aromatic rings. The van der Waals surface area contributed by atoms with Crippen LogP contribution in [-0.4, -0.2) is 32.2 Å². The maximum atomic E-state index is 4.79. The number of nitrogens with zero attached hydrogens (tertiary/aromatic N) is 3. The van der Waals surface area contributed by atoms with Gasteiger partial charge < -0.3 is 9.80 Å². The van der Waals surface area contributed by atoms with Crippen LogP contribution in [0.25, 0.3) is 0 Å². The van der Waals surface area contributed by atoms with Crippen molar-refractivity contribution in [2.75, 3.05) is 37.0 Å². The molecule has 0 spiro atoms. The Morgan fingerprint density at radius 2 is 1.15 bits per heavy atom. The Kier molecular flexibility index (Phi) is 5.06. The Hall–Kier alpha value is -1.25. The average molecular weight is 277 g/mol. The van der Waals surface area contributed by atoms with Gasteiger partial charge in [-0.1, -0.05) is 47.6 Å². The lowest BCUT2D eigenvalue weighted by atomic mass is 9.96. The van der Waals surface area contributed by atoms with Crippen LogP contribution in [-0.2, 0) is 0 Å². The zero-order chi connectivity index (χ0) is 15.6. The van der Waals surface area contributed by atoms with Crippen LogP contribution in [0.2, 0.25) is 0 Å². The number of anilines is 2. The van der Waals surface area contributed by atoms with Gasteiger partial charge in [0.05, 0.1) is 0 Å². The maximum Gasteiger partial charge on any atom is 0.130 e. The van der Waals surface area contributed by atoms with Crippen LogP contribution >= 0.6 is 0 Å². The Labute approximate surface area is 125 Å². The van der Waals surface area contributed by atoms with Gasteiger partial charge >= 0.3 is 0 Å². The molecule has 0 aromatic carbocycles. The van der Waals surface area contributed by atoms with Gasteiger partial charge in [-0.2, -0.15) is 0 Å². The van der Waals surface area contributed by atoms with E-state index in [1.54, 1.807) is 0 Å². The molecule has 20 heavy (non-hydrogen) atoms. The van der Waals surface area contributed by atoms with Gasteiger partial charge in [0.25, 0.3) is 0 Å². The van der Waals surface area contributed by atoms with Crippen molar-refractivity contribution in [3.63, 3.8) is 0 Å². The van der Waals surface area contributed by atoms with E-state index in [2.05, 4.69) is 83.6 Å². The summed E-state index contributed by atoms with van der Waals surface area (Å²) in [5.74, 6) is 2.08. The summed E-state index contributed by atoms with van der Waals surface area (Å²) in [6.07, 6.45) is 0. The van der Waals surface area contributed by atoms with Gasteiger partial charge in [0.15, 0.2) is 0 Å². The van der Waals surface area contributed by atoms with Crippen molar-refractivity contribution >= 4 is 11.6 Å². The van der Waals surface area contributed by atoms with E-state index in [4.69, 9.17) is 4.98 Å². The van der Waals surface area contributed by atoms with Crippen LogP contribution in [0.3, 0.4) is 0 Å². The summed E-state index contributed by atoms with van der Waals surface area (Å²) >= 11 is 0. The van der Waals surface area contributed by atoms with E-state index in [9.17, 15) is 0 Å². The van der Waals surface area contributed by atoms with Crippen molar-refractivity contribution in [2.45, 2.75) is 41.5 Å². The fourth-order valence-electron chi connectivity index (χ4n) is 2.42. The molecule has 0 saturated heterocycles. The first-order chi connectivity index (χ1) is 8.98. The third-order valence-electron chi connectivity index (χ3n) is 2.92. The predicted molar refractivity (Wildman–Crippen MR) is 89.7 cm³/mol.